The Hall–Kier alpha value is -4.88. The molecule has 250 valence electrons. The highest BCUT2D eigenvalue weighted by Crippen LogP contribution is 2.69. The third kappa shape index (κ3) is 4.89. The minimum atomic E-state index is -1.07. The van der Waals surface area contributed by atoms with E-state index < -0.39 is 23.7 Å². The van der Waals surface area contributed by atoms with Crippen LogP contribution in [0.25, 0.3) is 0 Å². The van der Waals surface area contributed by atoms with Crippen LogP contribution in [0.1, 0.15) is 33.1 Å². The van der Waals surface area contributed by atoms with Gasteiger partial charge in [-0.05, 0) is 78.3 Å². The smallest absolute Gasteiger partial charge is 0.335 e. The fourth-order valence-corrected chi connectivity index (χ4v) is 11.7. The molecule has 3 aromatic carbocycles. The molecule has 0 spiro atoms. The SMILES string of the molecule is COc1ccc(C2c3sc(=O)n(CC(=O)Nc4ccc(C(=O)O)cc4)c3SC3C4CC(C5C(=O)N(c6ccccc6)C(=O)C45)C23)cc1OC. The van der Waals surface area contributed by atoms with Gasteiger partial charge in [-0.1, -0.05) is 35.6 Å². The number of nitrogens with one attached hydrogen (secondary N) is 1. The number of carboxylic acids is 1. The van der Waals surface area contributed by atoms with Crippen LogP contribution >= 0.6 is 23.1 Å². The fourth-order valence-electron chi connectivity index (χ4n) is 8.55. The lowest BCUT2D eigenvalue weighted by molar-refractivity contribution is -0.123. The molecular formula is C36H31N3O8S2. The Morgan fingerprint density at radius 3 is 2.27 bits per heavy atom. The quantitative estimate of drug-likeness (QED) is 0.245. The number of fused-ring (bicyclic) bond motifs is 9. The Balaban J connectivity index is 1.18. The summed E-state index contributed by atoms with van der Waals surface area (Å²) in [7, 11) is 3.13. The molecule has 4 aliphatic rings. The van der Waals surface area contributed by atoms with E-state index in [0.29, 0.717) is 27.9 Å². The first-order valence-corrected chi connectivity index (χ1v) is 17.6. The van der Waals surface area contributed by atoms with Crippen LogP contribution in [-0.2, 0) is 20.9 Å². The standard InChI is InChI=1S/C36H31N3O8S2/c1-46-23-13-10-18(14-24(23)47-2)26-27-21-15-22(29-28(21)32(41)39(33(29)42)20-6-4-3-5-7-20)30(27)48-34-31(26)49-36(45)38(34)16-25(40)37-19-11-8-17(9-12-19)35(43)44/h3-14,21-22,26-30H,15-16H2,1-2H3,(H,37,40)(H,43,44). The van der Waals surface area contributed by atoms with E-state index in [2.05, 4.69) is 5.32 Å². The van der Waals surface area contributed by atoms with Crippen molar-refractivity contribution in [2.45, 2.75) is 29.2 Å². The van der Waals surface area contributed by atoms with Crippen LogP contribution in [0.2, 0.25) is 0 Å². The van der Waals surface area contributed by atoms with Gasteiger partial charge in [-0.2, -0.15) is 0 Å². The molecule has 13 heteroatoms. The molecule has 2 aliphatic carbocycles. The highest BCUT2D eigenvalue weighted by Gasteiger charge is 2.69. The molecule has 7 atom stereocenters. The minimum Gasteiger partial charge on any atom is -0.493 e. The Morgan fingerprint density at radius 1 is 0.898 bits per heavy atom. The molecule has 2 saturated carbocycles. The topological polar surface area (TPSA) is 144 Å². The average molecular weight is 698 g/mol. The number of carbonyl (C=O) groups excluding carboxylic acids is 3. The molecule has 8 rings (SSSR count). The van der Waals surface area contributed by atoms with Crippen LogP contribution < -0.4 is 24.6 Å². The van der Waals surface area contributed by atoms with E-state index in [-0.39, 0.29) is 57.7 Å². The summed E-state index contributed by atoms with van der Waals surface area (Å²) in [6, 6.07) is 20.6. The molecule has 3 heterocycles. The van der Waals surface area contributed by atoms with Crippen molar-refractivity contribution in [1.82, 2.24) is 4.57 Å². The largest absolute Gasteiger partial charge is 0.493 e. The number of carbonyl (C=O) groups is 4. The maximum Gasteiger partial charge on any atom is 0.335 e. The van der Waals surface area contributed by atoms with Crippen molar-refractivity contribution in [2.75, 3.05) is 24.4 Å². The van der Waals surface area contributed by atoms with Crippen LogP contribution in [0.4, 0.5) is 11.4 Å². The maximum atomic E-state index is 14.1. The number of benzene rings is 3. The predicted molar refractivity (Wildman–Crippen MR) is 183 cm³/mol. The van der Waals surface area contributed by atoms with Gasteiger partial charge in [0.15, 0.2) is 11.5 Å². The number of para-hydroxylation sites is 1. The van der Waals surface area contributed by atoms with E-state index in [4.69, 9.17) is 9.47 Å². The van der Waals surface area contributed by atoms with E-state index in [1.54, 1.807) is 38.1 Å². The summed E-state index contributed by atoms with van der Waals surface area (Å²) in [5, 5.41) is 12.6. The number of methoxy groups -OCH3 is 2. The van der Waals surface area contributed by atoms with Crippen molar-refractivity contribution in [3.63, 3.8) is 0 Å². The molecule has 1 aromatic heterocycles. The zero-order chi connectivity index (χ0) is 34.1. The molecule has 3 fully saturated rings. The molecule has 7 unspecified atom stereocenters. The second-order valence-corrected chi connectivity index (χ2v) is 14.9. The third-order valence-electron chi connectivity index (χ3n) is 10.4. The first-order chi connectivity index (χ1) is 23.7. The Labute approximate surface area is 288 Å². The van der Waals surface area contributed by atoms with Gasteiger partial charge in [-0.15, -0.1) is 11.8 Å². The highest BCUT2D eigenvalue weighted by atomic mass is 32.2. The number of amides is 3. The van der Waals surface area contributed by atoms with E-state index in [0.717, 1.165) is 28.2 Å². The van der Waals surface area contributed by atoms with Crippen molar-refractivity contribution in [1.29, 1.82) is 0 Å². The van der Waals surface area contributed by atoms with Crippen LogP contribution in [0.5, 0.6) is 11.5 Å². The van der Waals surface area contributed by atoms with Crippen molar-refractivity contribution in [3.8, 4) is 11.5 Å². The first kappa shape index (κ1) is 31.4. The van der Waals surface area contributed by atoms with Crippen molar-refractivity contribution in [3.05, 3.63) is 98.5 Å². The molecule has 3 amide bonds. The number of aromatic carboxylic acids is 1. The van der Waals surface area contributed by atoms with Crippen molar-refractivity contribution < 1.29 is 33.8 Å². The van der Waals surface area contributed by atoms with Crippen molar-refractivity contribution >= 4 is 58.2 Å². The normalized spacial score (nSPS) is 26.2. The Morgan fingerprint density at radius 2 is 1.59 bits per heavy atom. The second-order valence-electron chi connectivity index (χ2n) is 12.8. The van der Waals surface area contributed by atoms with Gasteiger partial charge in [0, 0.05) is 21.7 Å². The Kier molecular flexibility index (Phi) is 7.63. The summed E-state index contributed by atoms with van der Waals surface area (Å²) in [5.74, 6) is -2.10. The number of carboxylic acid groups (broad SMARTS) is 1. The lowest BCUT2D eigenvalue weighted by Crippen LogP contribution is -2.43. The van der Waals surface area contributed by atoms with Gasteiger partial charge in [0.05, 0.1) is 42.3 Å². The summed E-state index contributed by atoms with van der Waals surface area (Å²) >= 11 is 2.65. The second kappa shape index (κ2) is 11.9. The number of hydrogen-bond acceptors (Lipinski definition) is 9. The van der Waals surface area contributed by atoms with Gasteiger partial charge in [0.25, 0.3) is 0 Å². The summed E-state index contributed by atoms with van der Waals surface area (Å²) in [6.07, 6.45) is 0.730. The summed E-state index contributed by atoms with van der Waals surface area (Å²) in [6.45, 7) is -0.242. The van der Waals surface area contributed by atoms with E-state index in [1.165, 1.54) is 33.7 Å². The fraction of sp³-hybridized carbons (Fsp3) is 0.306. The van der Waals surface area contributed by atoms with Gasteiger partial charge in [0.2, 0.25) is 17.7 Å². The summed E-state index contributed by atoms with van der Waals surface area (Å²) in [4.78, 5) is 68.1. The number of aromatic nitrogens is 1. The molecule has 4 aromatic rings. The van der Waals surface area contributed by atoms with Gasteiger partial charge in [0.1, 0.15) is 6.54 Å². The molecule has 49 heavy (non-hydrogen) atoms. The minimum absolute atomic E-state index is 0.0394. The molecule has 2 bridgehead atoms. The molecule has 0 radical (unpaired) electrons. The molecule has 2 aliphatic heterocycles. The number of rotatable bonds is 8. The van der Waals surface area contributed by atoms with Crippen LogP contribution in [0.3, 0.4) is 0 Å². The van der Waals surface area contributed by atoms with Crippen LogP contribution in [-0.4, -0.2) is 52.8 Å². The highest BCUT2D eigenvalue weighted by molar-refractivity contribution is 8.00. The van der Waals surface area contributed by atoms with Gasteiger partial charge in [-0.25, -0.2) is 4.79 Å². The lowest BCUT2D eigenvalue weighted by atomic mass is 9.68. The zero-order valence-corrected chi connectivity index (χ0v) is 28.0. The van der Waals surface area contributed by atoms with Gasteiger partial charge < -0.3 is 19.9 Å². The first-order valence-electron chi connectivity index (χ1n) is 15.9. The number of ether oxygens (including phenoxy) is 2. The van der Waals surface area contributed by atoms with Crippen molar-refractivity contribution in [2.24, 2.45) is 29.6 Å². The predicted octanol–water partition coefficient (Wildman–Crippen LogP) is 4.94. The molecule has 1 saturated heterocycles. The molecule has 2 N–H and O–H groups in total. The summed E-state index contributed by atoms with van der Waals surface area (Å²) in [5.41, 5.74) is 1.99. The molecular weight excluding hydrogens is 667 g/mol. The number of thiazole rings is 1. The van der Waals surface area contributed by atoms with E-state index >= 15 is 0 Å². The monoisotopic (exact) mass is 697 g/mol. The van der Waals surface area contributed by atoms with Crippen LogP contribution in [0.15, 0.2) is 82.6 Å². The number of nitrogens with zero attached hydrogens (tertiary/aromatic N) is 2. The average Bonchev–Trinajstić information content (AvgIpc) is 3.83. The van der Waals surface area contributed by atoms with Gasteiger partial charge in [-0.3, -0.25) is 28.6 Å². The summed E-state index contributed by atoms with van der Waals surface area (Å²) < 4.78 is 12.7. The number of thioether (sulfide) groups is 1. The number of anilines is 2. The third-order valence-corrected chi connectivity index (χ3v) is 13.2. The number of hydrogen-bond donors (Lipinski definition) is 2. The van der Waals surface area contributed by atoms with Crippen LogP contribution in [0, 0.1) is 29.6 Å². The van der Waals surface area contributed by atoms with E-state index in [1.807, 2.05) is 36.4 Å². The zero-order valence-electron chi connectivity index (χ0n) is 26.4. The molecule has 11 nitrogen and oxygen atoms in total. The maximum absolute atomic E-state index is 14.1. The van der Waals surface area contributed by atoms with E-state index in [9.17, 15) is 29.1 Å². The Bertz CT molecular complexity index is 2080. The number of imide groups is 1. The lowest BCUT2D eigenvalue weighted by Gasteiger charge is -2.43. The van der Waals surface area contributed by atoms with Gasteiger partial charge >= 0.3 is 10.8 Å².